The number of carbonyl (C=O) groups excluding carboxylic acids is 1. The van der Waals surface area contributed by atoms with Crippen LogP contribution >= 0.6 is 0 Å². The van der Waals surface area contributed by atoms with Crippen molar-refractivity contribution in [3.8, 4) is 0 Å². The molecule has 2 rings (SSSR count). The number of hydrogen-bond donors (Lipinski definition) is 1. The van der Waals surface area contributed by atoms with Crippen molar-refractivity contribution in [1.29, 1.82) is 0 Å². The van der Waals surface area contributed by atoms with Crippen LogP contribution in [-0.2, 0) is 4.79 Å². The van der Waals surface area contributed by atoms with E-state index in [9.17, 15) is 13.6 Å². The topological polar surface area (TPSA) is 32.3 Å². The Morgan fingerprint density at radius 3 is 2.55 bits per heavy atom. The van der Waals surface area contributed by atoms with E-state index >= 15 is 0 Å². The molecular weight excluding hydrogens is 286 g/mol. The van der Waals surface area contributed by atoms with Crippen molar-refractivity contribution in [2.75, 3.05) is 25.0 Å². The van der Waals surface area contributed by atoms with Gasteiger partial charge >= 0.3 is 0 Å². The Morgan fingerprint density at radius 2 is 1.95 bits per heavy atom. The summed E-state index contributed by atoms with van der Waals surface area (Å²) in [6.45, 7) is 7.13. The summed E-state index contributed by atoms with van der Waals surface area (Å²) in [7, 11) is 0. The van der Waals surface area contributed by atoms with Crippen molar-refractivity contribution >= 4 is 11.6 Å². The molecule has 22 heavy (non-hydrogen) atoms. The number of carbonyl (C=O) groups is 1. The van der Waals surface area contributed by atoms with E-state index in [1.54, 1.807) is 0 Å². The summed E-state index contributed by atoms with van der Waals surface area (Å²) in [6, 6.07) is 4.05. The number of rotatable bonds is 4. The minimum atomic E-state index is -2.30. The molecule has 1 aromatic carbocycles. The summed E-state index contributed by atoms with van der Waals surface area (Å²) in [5.41, 5.74) is 4.03. The molecule has 1 fully saturated rings. The standard InChI is InChI=1S/C17H24F2N2O/c1-11-7-12(2)16(13(3)8-11)20-15(22)10-21-6-4-5-14(9-21)17(18)19/h7-8,14,17H,4-6,9-10H2,1-3H3,(H,20,22). The minimum absolute atomic E-state index is 0.134. The smallest absolute Gasteiger partial charge is 0.242 e. The average molecular weight is 310 g/mol. The van der Waals surface area contributed by atoms with E-state index in [-0.39, 0.29) is 12.5 Å². The summed E-state index contributed by atoms with van der Waals surface area (Å²) < 4.78 is 25.6. The summed E-state index contributed by atoms with van der Waals surface area (Å²) in [4.78, 5) is 14.0. The van der Waals surface area contributed by atoms with Crippen LogP contribution in [0.15, 0.2) is 12.1 Å². The van der Waals surface area contributed by atoms with Gasteiger partial charge in [-0.3, -0.25) is 9.69 Å². The van der Waals surface area contributed by atoms with E-state index in [2.05, 4.69) is 5.32 Å². The molecule has 1 saturated heterocycles. The maximum Gasteiger partial charge on any atom is 0.242 e. The van der Waals surface area contributed by atoms with Crippen molar-refractivity contribution in [2.45, 2.75) is 40.0 Å². The first kappa shape index (κ1) is 16.9. The first-order chi connectivity index (χ1) is 10.4. The van der Waals surface area contributed by atoms with Crippen LogP contribution in [0.1, 0.15) is 29.5 Å². The van der Waals surface area contributed by atoms with Gasteiger partial charge in [-0.25, -0.2) is 8.78 Å². The lowest BCUT2D eigenvalue weighted by Crippen LogP contribution is -2.42. The van der Waals surface area contributed by atoms with E-state index in [0.29, 0.717) is 19.5 Å². The third kappa shape index (κ3) is 4.26. The fourth-order valence-corrected chi connectivity index (χ4v) is 3.20. The second-order valence-corrected chi connectivity index (χ2v) is 6.29. The van der Waals surface area contributed by atoms with Gasteiger partial charge in [-0.2, -0.15) is 0 Å². The lowest BCUT2D eigenvalue weighted by atomic mass is 9.98. The molecule has 1 aromatic rings. The number of hydrogen-bond acceptors (Lipinski definition) is 2. The van der Waals surface area contributed by atoms with Gasteiger partial charge in [-0.15, -0.1) is 0 Å². The number of alkyl halides is 2. The number of likely N-dealkylation sites (tertiary alicyclic amines) is 1. The van der Waals surface area contributed by atoms with Gasteiger partial charge in [0.25, 0.3) is 0 Å². The molecule has 0 aromatic heterocycles. The third-order valence-corrected chi connectivity index (χ3v) is 4.21. The van der Waals surface area contributed by atoms with Crippen molar-refractivity contribution in [3.63, 3.8) is 0 Å². The molecule has 0 bridgehead atoms. The van der Waals surface area contributed by atoms with E-state index in [1.807, 2.05) is 37.8 Å². The van der Waals surface area contributed by atoms with Crippen LogP contribution in [0.2, 0.25) is 0 Å². The first-order valence-electron chi connectivity index (χ1n) is 7.75. The molecule has 1 atom stereocenters. The van der Waals surface area contributed by atoms with Crippen molar-refractivity contribution < 1.29 is 13.6 Å². The zero-order valence-electron chi connectivity index (χ0n) is 13.5. The molecular formula is C17H24F2N2O. The van der Waals surface area contributed by atoms with Crippen molar-refractivity contribution in [2.24, 2.45) is 5.92 Å². The predicted molar refractivity (Wildman–Crippen MR) is 84.5 cm³/mol. The lowest BCUT2D eigenvalue weighted by molar-refractivity contribution is -0.118. The summed E-state index contributed by atoms with van der Waals surface area (Å²) >= 11 is 0. The van der Waals surface area contributed by atoms with E-state index in [0.717, 1.165) is 28.8 Å². The zero-order valence-corrected chi connectivity index (χ0v) is 13.5. The molecule has 1 unspecified atom stereocenters. The molecule has 3 nitrogen and oxygen atoms in total. The molecule has 5 heteroatoms. The summed E-state index contributed by atoms with van der Waals surface area (Å²) in [6.07, 6.45) is -1.02. The number of anilines is 1. The molecule has 1 aliphatic heterocycles. The minimum Gasteiger partial charge on any atom is -0.324 e. The van der Waals surface area contributed by atoms with Crippen LogP contribution < -0.4 is 5.32 Å². The monoisotopic (exact) mass is 310 g/mol. The molecule has 0 radical (unpaired) electrons. The van der Waals surface area contributed by atoms with Gasteiger partial charge < -0.3 is 5.32 Å². The van der Waals surface area contributed by atoms with E-state index < -0.39 is 12.3 Å². The number of nitrogens with one attached hydrogen (secondary N) is 1. The summed E-state index contributed by atoms with van der Waals surface area (Å²) in [5, 5.41) is 2.93. The summed E-state index contributed by atoms with van der Waals surface area (Å²) in [5.74, 6) is -0.741. The molecule has 0 aliphatic carbocycles. The van der Waals surface area contributed by atoms with Crippen LogP contribution in [0.3, 0.4) is 0 Å². The second-order valence-electron chi connectivity index (χ2n) is 6.29. The number of benzene rings is 1. The van der Waals surface area contributed by atoms with Crippen LogP contribution in [0.5, 0.6) is 0 Å². The van der Waals surface area contributed by atoms with Crippen LogP contribution in [0.25, 0.3) is 0 Å². The quantitative estimate of drug-likeness (QED) is 0.923. The SMILES string of the molecule is Cc1cc(C)c(NC(=O)CN2CCCC(C(F)F)C2)c(C)c1. The average Bonchev–Trinajstić information content (AvgIpc) is 2.43. The highest BCUT2D eigenvalue weighted by atomic mass is 19.3. The highest BCUT2D eigenvalue weighted by Gasteiger charge is 2.27. The lowest BCUT2D eigenvalue weighted by Gasteiger charge is -2.31. The second kappa shape index (κ2) is 7.18. The van der Waals surface area contributed by atoms with Gasteiger partial charge in [0.2, 0.25) is 12.3 Å². The van der Waals surface area contributed by atoms with Crippen LogP contribution in [0, 0.1) is 26.7 Å². The normalized spacial score (nSPS) is 19.5. The zero-order chi connectivity index (χ0) is 16.3. The number of halogens is 2. The van der Waals surface area contributed by atoms with E-state index in [4.69, 9.17) is 0 Å². The highest BCUT2D eigenvalue weighted by Crippen LogP contribution is 2.24. The van der Waals surface area contributed by atoms with E-state index in [1.165, 1.54) is 0 Å². The molecule has 1 heterocycles. The Labute approximate surface area is 130 Å². The van der Waals surface area contributed by atoms with Crippen LogP contribution in [0.4, 0.5) is 14.5 Å². The molecule has 1 aliphatic rings. The van der Waals surface area contributed by atoms with Gasteiger partial charge in [-0.05, 0) is 51.3 Å². The predicted octanol–water partition coefficient (Wildman–Crippen LogP) is 3.53. The molecule has 1 amide bonds. The molecule has 122 valence electrons. The van der Waals surface area contributed by atoms with Gasteiger partial charge in [0.05, 0.1) is 6.54 Å². The molecule has 0 spiro atoms. The Bertz CT molecular complexity index is 522. The number of piperidine rings is 1. The highest BCUT2D eigenvalue weighted by molar-refractivity contribution is 5.93. The number of aryl methyl sites for hydroxylation is 3. The van der Waals surface area contributed by atoms with Crippen LogP contribution in [-0.4, -0.2) is 36.9 Å². The van der Waals surface area contributed by atoms with Crippen molar-refractivity contribution in [1.82, 2.24) is 4.90 Å². The number of nitrogens with zero attached hydrogens (tertiary/aromatic N) is 1. The Kier molecular flexibility index (Phi) is 5.51. The van der Waals surface area contributed by atoms with Gasteiger partial charge in [0.1, 0.15) is 0 Å². The Hall–Kier alpha value is -1.49. The number of amides is 1. The largest absolute Gasteiger partial charge is 0.324 e. The molecule has 0 saturated carbocycles. The third-order valence-electron chi connectivity index (χ3n) is 4.21. The van der Waals surface area contributed by atoms with Gasteiger partial charge in [0.15, 0.2) is 0 Å². The van der Waals surface area contributed by atoms with Gasteiger partial charge in [0, 0.05) is 18.2 Å². The van der Waals surface area contributed by atoms with Gasteiger partial charge in [-0.1, -0.05) is 17.7 Å². The van der Waals surface area contributed by atoms with Crippen molar-refractivity contribution in [3.05, 3.63) is 28.8 Å². The molecule has 1 N–H and O–H groups in total. The fraction of sp³-hybridized carbons (Fsp3) is 0.588. The maximum absolute atomic E-state index is 12.8. The first-order valence-corrected chi connectivity index (χ1v) is 7.75. The Morgan fingerprint density at radius 1 is 1.32 bits per heavy atom. The Balaban J connectivity index is 1.96. The fourth-order valence-electron chi connectivity index (χ4n) is 3.20. The maximum atomic E-state index is 12.8.